The van der Waals surface area contributed by atoms with E-state index in [4.69, 9.17) is 10.00 Å². The summed E-state index contributed by atoms with van der Waals surface area (Å²) in [5.74, 6) is 0. The van der Waals surface area contributed by atoms with Gasteiger partial charge in [-0.2, -0.15) is 5.26 Å². The highest BCUT2D eigenvalue weighted by molar-refractivity contribution is 5.51. The van der Waals surface area contributed by atoms with E-state index < -0.39 is 0 Å². The molecule has 0 N–H and O–H groups in total. The number of nitriles is 1. The molecule has 0 saturated carbocycles. The predicted octanol–water partition coefficient (Wildman–Crippen LogP) is 1.39. The molecule has 1 heterocycles. The summed E-state index contributed by atoms with van der Waals surface area (Å²) in [6.45, 7) is 1.76. The molecule has 1 aliphatic heterocycles. The minimum atomic E-state index is 0.380. The molecule has 0 aromatic heterocycles. The second kappa shape index (κ2) is 3.69. The predicted molar refractivity (Wildman–Crippen MR) is 54.2 cm³/mol. The monoisotopic (exact) mass is 188 g/mol. The van der Waals surface area contributed by atoms with E-state index in [2.05, 4.69) is 11.0 Å². The lowest BCUT2D eigenvalue weighted by Gasteiger charge is -2.17. The van der Waals surface area contributed by atoms with Crippen LogP contribution in [0.4, 0.5) is 5.69 Å². The summed E-state index contributed by atoms with van der Waals surface area (Å²) >= 11 is 0. The van der Waals surface area contributed by atoms with Crippen LogP contribution in [0, 0.1) is 11.3 Å². The summed E-state index contributed by atoms with van der Waals surface area (Å²) in [6, 6.07) is 9.74. The number of ether oxygens (including phenoxy) is 1. The van der Waals surface area contributed by atoms with Gasteiger partial charge in [-0.15, -0.1) is 0 Å². The zero-order valence-electron chi connectivity index (χ0n) is 8.10. The van der Waals surface area contributed by atoms with Crippen LogP contribution in [0.3, 0.4) is 0 Å². The van der Waals surface area contributed by atoms with Crippen molar-refractivity contribution in [1.82, 2.24) is 0 Å². The number of nitrogens with zero attached hydrogens (tertiary/aromatic N) is 2. The largest absolute Gasteiger partial charge is 0.372 e. The Balaban J connectivity index is 2.09. The van der Waals surface area contributed by atoms with Crippen LogP contribution in [0.15, 0.2) is 24.3 Å². The number of epoxide rings is 1. The van der Waals surface area contributed by atoms with E-state index in [1.54, 1.807) is 0 Å². The van der Waals surface area contributed by atoms with E-state index >= 15 is 0 Å². The summed E-state index contributed by atoms with van der Waals surface area (Å²) in [5.41, 5.74) is 1.77. The van der Waals surface area contributed by atoms with Crippen LogP contribution < -0.4 is 4.90 Å². The Morgan fingerprint density at radius 3 is 3.07 bits per heavy atom. The maximum absolute atomic E-state index is 8.74. The quantitative estimate of drug-likeness (QED) is 0.673. The van der Waals surface area contributed by atoms with Gasteiger partial charge >= 0.3 is 0 Å². The summed E-state index contributed by atoms with van der Waals surface area (Å²) in [4.78, 5) is 2.11. The average Bonchev–Trinajstić information content (AvgIpc) is 3.02. The van der Waals surface area contributed by atoms with Gasteiger partial charge in [-0.05, 0) is 18.2 Å². The Morgan fingerprint density at radius 2 is 2.43 bits per heavy atom. The fraction of sp³-hybridized carbons (Fsp3) is 0.364. The number of hydrogen-bond acceptors (Lipinski definition) is 3. The second-order valence-electron chi connectivity index (χ2n) is 3.50. The highest BCUT2D eigenvalue weighted by atomic mass is 16.6. The Hall–Kier alpha value is -1.53. The molecule has 0 bridgehead atoms. The van der Waals surface area contributed by atoms with Crippen molar-refractivity contribution in [3.8, 4) is 6.07 Å². The molecule has 14 heavy (non-hydrogen) atoms. The summed E-state index contributed by atoms with van der Waals surface area (Å²) in [5, 5.41) is 8.74. The van der Waals surface area contributed by atoms with E-state index in [0.717, 1.165) is 18.8 Å². The van der Waals surface area contributed by atoms with Gasteiger partial charge in [0.1, 0.15) is 0 Å². The van der Waals surface area contributed by atoms with E-state index in [-0.39, 0.29) is 0 Å². The Morgan fingerprint density at radius 1 is 1.64 bits per heavy atom. The number of hydrogen-bond donors (Lipinski definition) is 0. The molecular weight excluding hydrogens is 176 g/mol. The molecule has 1 unspecified atom stereocenters. The minimum Gasteiger partial charge on any atom is -0.372 e. The van der Waals surface area contributed by atoms with E-state index in [1.807, 2.05) is 31.3 Å². The first kappa shape index (κ1) is 9.04. The fourth-order valence-corrected chi connectivity index (χ4v) is 1.40. The lowest BCUT2D eigenvalue weighted by Crippen LogP contribution is -2.22. The van der Waals surface area contributed by atoms with Crippen LogP contribution in [-0.4, -0.2) is 26.3 Å². The normalized spacial score (nSPS) is 18.7. The Bertz CT molecular complexity index is 366. The van der Waals surface area contributed by atoms with Crippen LogP contribution in [0.25, 0.3) is 0 Å². The summed E-state index contributed by atoms with van der Waals surface area (Å²) < 4.78 is 5.15. The summed E-state index contributed by atoms with van der Waals surface area (Å²) in [6.07, 6.45) is 0.380. The molecule has 1 aliphatic rings. The van der Waals surface area contributed by atoms with Gasteiger partial charge in [-0.1, -0.05) is 6.07 Å². The molecule has 3 heteroatoms. The van der Waals surface area contributed by atoms with Crippen molar-refractivity contribution in [2.45, 2.75) is 6.10 Å². The highest BCUT2D eigenvalue weighted by Crippen LogP contribution is 2.18. The first-order chi connectivity index (χ1) is 6.79. The van der Waals surface area contributed by atoms with Crippen molar-refractivity contribution in [2.75, 3.05) is 25.1 Å². The third kappa shape index (κ3) is 2.04. The molecule has 3 nitrogen and oxygen atoms in total. The van der Waals surface area contributed by atoms with Gasteiger partial charge in [0.25, 0.3) is 0 Å². The average molecular weight is 188 g/mol. The van der Waals surface area contributed by atoms with E-state index in [1.165, 1.54) is 0 Å². The molecular formula is C11H12N2O. The maximum Gasteiger partial charge on any atom is 0.0992 e. The van der Waals surface area contributed by atoms with Gasteiger partial charge in [0.05, 0.1) is 24.3 Å². The van der Waals surface area contributed by atoms with Crippen LogP contribution in [0.5, 0.6) is 0 Å². The van der Waals surface area contributed by atoms with Crippen molar-refractivity contribution in [2.24, 2.45) is 0 Å². The number of likely N-dealkylation sites (N-methyl/N-ethyl adjacent to an activating group) is 1. The number of rotatable bonds is 3. The minimum absolute atomic E-state index is 0.380. The van der Waals surface area contributed by atoms with Crippen LogP contribution >= 0.6 is 0 Å². The number of benzene rings is 1. The lowest BCUT2D eigenvalue weighted by molar-refractivity contribution is 0.410. The highest BCUT2D eigenvalue weighted by Gasteiger charge is 2.24. The lowest BCUT2D eigenvalue weighted by atomic mass is 10.2. The molecule has 0 spiro atoms. The molecule has 1 saturated heterocycles. The Kier molecular flexibility index (Phi) is 2.38. The van der Waals surface area contributed by atoms with Gasteiger partial charge < -0.3 is 9.64 Å². The van der Waals surface area contributed by atoms with Gasteiger partial charge in [0, 0.05) is 19.3 Å². The third-order valence-corrected chi connectivity index (χ3v) is 2.30. The fourth-order valence-electron chi connectivity index (χ4n) is 1.40. The van der Waals surface area contributed by atoms with Crippen LogP contribution in [0.1, 0.15) is 5.56 Å². The first-order valence-corrected chi connectivity index (χ1v) is 4.62. The van der Waals surface area contributed by atoms with Crippen molar-refractivity contribution < 1.29 is 4.74 Å². The molecule has 1 aromatic rings. The van der Waals surface area contributed by atoms with Gasteiger partial charge in [0.2, 0.25) is 0 Å². The Labute approximate surface area is 83.5 Å². The van der Waals surface area contributed by atoms with Crippen molar-refractivity contribution in [3.63, 3.8) is 0 Å². The zero-order valence-corrected chi connectivity index (χ0v) is 8.10. The van der Waals surface area contributed by atoms with Gasteiger partial charge in [0.15, 0.2) is 0 Å². The standard InChI is InChI=1S/C11H12N2O/c1-13(7-11-8-14-11)10-4-2-3-9(5-10)6-12/h2-5,11H,7-8H2,1H3. The molecule has 1 fully saturated rings. The zero-order chi connectivity index (χ0) is 9.97. The molecule has 0 radical (unpaired) electrons. The van der Waals surface area contributed by atoms with Gasteiger partial charge in [-0.3, -0.25) is 0 Å². The van der Waals surface area contributed by atoms with Crippen LogP contribution in [-0.2, 0) is 4.74 Å². The first-order valence-electron chi connectivity index (χ1n) is 4.62. The van der Waals surface area contributed by atoms with Crippen molar-refractivity contribution in [3.05, 3.63) is 29.8 Å². The van der Waals surface area contributed by atoms with E-state index in [9.17, 15) is 0 Å². The van der Waals surface area contributed by atoms with Crippen molar-refractivity contribution in [1.29, 1.82) is 5.26 Å². The molecule has 0 amide bonds. The second-order valence-corrected chi connectivity index (χ2v) is 3.50. The number of anilines is 1. The van der Waals surface area contributed by atoms with E-state index in [0.29, 0.717) is 11.7 Å². The SMILES string of the molecule is CN(CC1CO1)c1cccc(C#N)c1. The molecule has 2 rings (SSSR count). The molecule has 1 atom stereocenters. The molecule has 0 aliphatic carbocycles. The smallest absolute Gasteiger partial charge is 0.0992 e. The van der Waals surface area contributed by atoms with Crippen molar-refractivity contribution >= 4 is 5.69 Å². The molecule has 1 aromatic carbocycles. The van der Waals surface area contributed by atoms with Gasteiger partial charge in [-0.25, -0.2) is 0 Å². The maximum atomic E-state index is 8.74. The van der Waals surface area contributed by atoms with Crippen LogP contribution in [0.2, 0.25) is 0 Å². The molecule has 72 valence electrons. The summed E-state index contributed by atoms with van der Waals surface area (Å²) in [7, 11) is 2.01. The third-order valence-electron chi connectivity index (χ3n) is 2.30. The topological polar surface area (TPSA) is 39.6 Å².